The van der Waals surface area contributed by atoms with Crippen LogP contribution in [-0.4, -0.2) is 36.0 Å². The number of nitro groups is 1. The molecule has 0 aliphatic heterocycles. The van der Waals surface area contributed by atoms with Crippen LogP contribution in [0.3, 0.4) is 0 Å². The number of hydrogen-bond donors (Lipinski definition) is 2. The summed E-state index contributed by atoms with van der Waals surface area (Å²) in [5.74, 6) is -0.107. The third-order valence-corrected chi connectivity index (χ3v) is 4.48. The smallest absolute Gasteiger partial charge is 0.270 e. The summed E-state index contributed by atoms with van der Waals surface area (Å²) in [6.45, 7) is 6.12. The van der Waals surface area contributed by atoms with Crippen LogP contribution in [0.4, 0.5) is 10.8 Å². The molecule has 0 amide bonds. The Kier molecular flexibility index (Phi) is 6.46. The Balaban J connectivity index is 0.00000280. The average molecular weight is 468 g/mol. The first kappa shape index (κ1) is 21.4. The van der Waals surface area contributed by atoms with Crippen molar-refractivity contribution in [1.82, 2.24) is 19.7 Å². The summed E-state index contributed by atoms with van der Waals surface area (Å²) in [7, 11) is 0. The SMILES string of the molecule is Br.CC(C)(C)c1nc(N/N=C/c2cc([N+](=O)[O-])ccc2O)sc1-n1cncn1. The summed E-state index contributed by atoms with van der Waals surface area (Å²) in [4.78, 5) is 18.8. The molecule has 148 valence electrons. The van der Waals surface area contributed by atoms with E-state index in [9.17, 15) is 15.2 Å². The van der Waals surface area contributed by atoms with Gasteiger partial charge in [0.15, 0.2) is 0 Å². The Bertz CT molecular complexity index is 996. The van der Waals surface area contributed by atoms with Gasteiger partial charge in [0.25, 0.3) is 5.69 Å². The van der Waals surface area contributed by atoms with Gasteiger partial charge in [-0.2, -0.15) is 10.2 Å². The monoisotopic (exact) mass is 467 g/mol. The van der Waals surface area contributed by atoms with Gasteiger partial charge < -0.3 is 5.11 Å². The summed E-state index contributed by atoms with van der Waals surface area (Å²) in [6, 6.07) is 3.72. The number of anilines is 1. The number of nitrogens with one attached hydrogen (secondary N) is 1. The topological polar surface area (TPSA) is 131 Å². The molecule has 1 aromatic carbocycles. The normalized spacial score (nSPS) is 11.4. The first-order chi connectivity index (χ1) is 12.8. The molecule has 0 saturated carbocycles. The molecule has 0 unspecified atom stereocenters. The van der Waals surface area contributed by atoms with Crippen LogP contribution in [0, 0.1) is 10.1 Å². The van der Waals surface area contributed by atoms with E-state index in [1.54, 1.807) is 11.0 Å². The van der Waals surface area contributed by atoms with E-state index in [1.165, 1.54) is 42.1 Å². The number of halogens is 1. The Morgan fingerprint density at radius 2 is 2.14 bits per heavy atom. The largest absolute Gasteiger partial charge is 0.507 e. The number of benzene rings is 1. The van der Waals surface area contributed by atoms with E-state index in [-0.39, 0.29) is 39.4 Å². The minimum atomic E-state index is -0.537. The third kappa shape index (κ3) is 4.70. The van der Waals surface area contributed by atoms with E-state index in [4.69, 9.17) is 0 Å². The maximum Gasteiger partial charge on any atom is 0.270 e. The molecule has 0 radical (unpaired) electrons. The number of hydrazone groups is 1. The van der Waals surface area contributed by atoms with E-state index in [1.807, 2.05) is 20.8 Å². The number of aromatic nitrogens is 4. The fourth-order valence-corrected chi connectivity index (χ4v) is 3.29. The second-order valence-corrected chi connectivity index (χ2v) is 7.61. The van der Waals surface area contributed by atoms with Crippen molar-refractivity contribution in [1.29, 1.82) is 0 Å². The van der Waals surface area contributed by atoms with Crippen molar-refractivity contribution in [3.63, 3.8) is 0 Å². The van der Waals surface area contributed by atoms with Gasteiger partial charge in [0, 0.05) is 23.1 Å². The highest BCUT2D eigenvalue weighted by atomic mass is 79.9. The molecule has 3 aromatic rings. The molecule has 0 aliphatic carbocycles. The summed E-state index contributed by atoms with van der Waals surface area (Å²) in [5.41, 5.74) is 3.49. The Morgan fingerprint density at radius 1 is 1.39 bits per heavy atom. The molecule has 3 rings (SSSR count). The number of nitrogens with zero attached hydrogens (tertiary/aromatic N) is 6. The molecule has 0 atom stereocenters. The minimum absolute atomic E-state index is 0. The van der Waals surface area contributed by atoms with Crippen LogP contribution in [0.2, 0.25) is 0 Å². The predicted molar refractivity (Wildman–Crippen MR) is 112 cm³/mol. The Hall–Kier alpha value is -2.86. The maximum absolute atomic E-state index is 10.8. The number of nitro benzene ring substituents is 1. The number of aromatic hydroxyl groups is 1. The summed E-state index contributed by atoms with van der Waals surface area (Å²) in [5, 5.41) is 30.2. The second-order valence-electron chi connectivity index (χ2n) is 6.63. The summed E-state index contributed by atoms with van der Waals surface area (Å²) in [6.07, 6.45) is 4.34. The van der Waals surface area contributed by atoms with E-state index in [0.717, 1.165) is 10.7 Å². The lowest BCUT2D eigenvalue weighted by molar-refractivity contribution is -0.384. The fourth-order valence-electron chi connectivity index (χ4n) is 2.23. The molecule has 2 aromatic heterocycles. The highest BCUT2D eigenvalue weighted by Crippen LogP contribution is 2.34. The van der Waals surface area contributed by atoms with Gasteiger partial charge in [-0.3, -0.25) is 15.5 Å². The van der Waals surface area contributed by atoms with Crippen LogP contribution < -0.4 is 5.43 Å². The van der Waals surface area contributed by atoms with Gasteiger partial charge in [0.2, 0.25) is 5.13 Å². The van der Waals surface area contributed by atoms with Crippen LogP contribution in [-0.2, 0) is 5.41 Å². The molecule has 12 heteroatoms. The molecule has 0 spiro atoms. The Labute approximate surface area is 174 Å². The number of thiazole rings is 1. The first-order valence-corrected chi connectivity index (χ1v) is 8.70. The van der Waals surface area contributed by atoms with Crippen molar-refractivity contribution in [2.75, 3.05) is 5.43 Å². The van der Waals surface area contributed by atoms with Crippen molar-refractivity contribution in [2.24, 2.45) is 5.10 Å². The van der Waals surface area contributed by atoms with Crippen LogP contribution in [0.15, 0.2) is 36.0 Å². The summed E-state index contributed by atoms with van der Waals surface area (Å²) >= 11 is 1.35. The van der Waals surface area contributed by atoms with Crippen molar-refractivity contribution in [2.45, 2.75) is 26.2 Å². The van der Waals surface area contributed by atoms with Gasteiger partial charge in [0.1, 0.15) is 23.4 Å². The van der Waals surface area contributed by atoms with Gasteiger partial charge >= 0.3 is 0 Å². The van der Waals surface area contributed by atoms with Gasteiger partial charge in [-0.15, -0.1) is 17.0 Å². The van der Waals surface area contributed by atoms with Crippen LogP contribution in [0.1, 0.15) is 32.0 Å². The van der Waals surface area contributed by atoms with E-state index >= 15 is 0 Å². The molecule has 2 heterocycles. The maximum atomic E-state index is 10.8. The molecular weight excluding hydrogens is 450 g/mol. The second kappa shape index (κ2) is 8.44. The molecule has 2 N–H and O–H groups in total. The lowest BCUT2D eigenvalue weighted by atomic mass is 9.92. The number of phenols is 1. The zero-order valence-electron chi connectivity index (χ0n) is 15.2. The molecule has 28 heavy (non-hydrogen) atoms. The van der Waals surface area contributed by atoms with Crippen LogP contribution in [0.25, 0.3) is 5.00 Å². The zero-order chi connectivity index (χ0) is 19.6. The van der Waals surface area contributed by atoms with Crippen LogP contribution >= 0.6 is 28.3 Å². The quantitative estimate of drug-likeness (QED) is 0.332. The standard InChI is InChI=1S/C16H17N7O3S.BrH/c1-16(2,3)13-14(22-9-17-8-19-22)27-15(20-13)21-18-7-10-6-11(23(25)26)4-5-12(10)24;/h4-9,24H,1-3H3,(H,20,21);1H/b18-7+;. The zero-order valence-corrected chi connectivity index (χ0v) is 17.8. The number of rotatable bonds is 5. The van der Waals surface area contributed by atoms with Gasteiger partial charge in [-0.25, -0.2) is 14.6 Å². The van der Waals surface area contributed by atoms with Crippen molar-refractivity contribution in [3.8, 4) is 10.8 Å². The predicted octanol–water partition coefficient (Wildman–Crippen LogP) is 3.66. The highest BCUT2D eigenvalue weighted by Gasteiger charge is 2.25. The highest BCUT2D eigenvalue weighted by molar-refractivity contribution is 8.93. The lowest BCUT2D eigenvalue weighted by Crippen LogP contribution is -2.15. The summed E-state index contributed by atoms with van der Waals surface area (Å²) < 4.78 is 1.64. The number of phenolic OH excluding ortho intramolecular Hbond substituents is 1. The minimum Gasteiger partial charge on any atom is -0.507 e. The van der Waals surface area contributed by atoms with E-state index in [2.05, 4.69) is 25.6 Å². The van der Waals surface area contributed by atoms with Crippen molar-refractivity contribution >= 4 is 45.4 Å². The Morgan fingerprint density at radius 3 is 2.75 bits per heavy atom. The first-order valence-electron chi connectivity index (χ1n) is 7.88. The molecule has 0 fully saturated rings. The number of non-ortho nitro benzene ring substituents is 1. The molecule has 0 aliphatic rings. The van der Waals surface area contributed by atoms with Crippen LogP contribution in [0.5, 0.6) is 5.75 Å². The average Bonchev–Trinajstić information content (AvgIpc) is 3.24. The molecule has 10 nitrogen and oxygen atoms in total. The van der Waals surface area contributed by atoms with E-state index < -0.39 is 4.92 Å². The molecular formula is C16H18BrN7O3S. The van der Waals surface area contributed by atoms with Crippen molar-refractivity contribution < 1.29 is 10.0 Å². The third-order valence-electron chi connectivity index (χ3n) is 3.53. The lowest BCUT2D eigenvalue weighted by Gasteiger charge is -2.16. The molecule has 0 saturated heterocycles. The van der Waals surface area contributed by atoms with E-state index in [0.29, 0.717) is 5.13 Å². The van der Waals surface area contributed by atoms with Gasteiger partial charge in [-0.1, -0.05) is 32.1 Å². The molecule has 0 bridgehead atoms. The van der Waals surface area contributed by atoms with Crippen molar-refractivity contribution in [3.05, 3.63) is 52.2 Å². The van der Waals surface area contributed by atoms with Gasteiger partial charge in [-0.05, 0) is 6.07 Å². The fraction of sp³-hybridized carbons (Fsp3) is 0.250. The van der Waals surface area contributed by atoms with Gasteiger partial charge in [0.05, 0.1) is 16.8 Å². The number of hydrogen-bond acceptors (Lipinski definition) is 9.